The Morgan fingerprint density at radius 3 is 2.53 bits per heavy atom. The molecule has 3 unspecified atom stereocenters. The molecule has 1 aliphatic heterocycles. The van der Waals surface area contributed by atoms with Crippen molar-refractivity contribution in [3.8, 4) is 11.1 Å². The largest absolute Gasteiger partial charge is 0.348 e. The van der Waals surface area contributed by atoms with Crippen LogP contribution in [0.4, 0.5) is 0 Å². The molecule has 4 rings (SSSR count). The van der Waals surface area contributed by atoms with Crippen molar-refractivity contribution in [2.45, 2.75) is 51.7 Å². The van der Waals surface area contributed by atoms with Crippen LogP contribution < -0.4 is 5.32 Å². The number of rotatable bonds is 7. The molecule has 9 heteroatoms. The third-order valence-corrected chi connectivity index (χ3v) is 6.60. The summed E-state index contributed by atoms with van der Waals surface area (Å²) in [5, 5.41) is 11.6. The predicted molar refractivity (Wildman–Crippen MR) is 130 cm³/mol. The van der Waals surface area contributed by atoms with Crippen LogP contribution in [0.2, 0.25) is 5.02 Å². The van der Waals surface area contributed by atoms with Crippen molar-refractivity contribution in [3.05, 3.63) is 65.7 Å². The monoisotopic (exact) mass is 480 g/mol. The van der Waals surface area contributed by atoms with E-state index in [9.17, 15) is 9.59 Å². The molecular formula is C25H29ClN6O2. The lowest BCUT2D eigenvalue weighted by atomic mass is 10.0. The Labute approximate surface area is 204 Å². The Morgan fingerprint density at radius 1 is 1.12 bits per heavy atom. The molecule has 1 fully saturated rings. The molecular weight excluding hydrogens is 452 g/mol. The molecule has 0 saturated carbocycles. The molecule has 2 amide bonds. The molecule has 8 nitrogen and oxygen atoms in total. The molecule has 0 aliphatic carbocycles. The standard InChI is InChI=1S/C25H29ClN6O2/c1-16(2)23(32-14-12-28-30-32)25(34)31-13-4-5-22(31)24(33)29-17(3)18-6-8-19(9-7-18)20-10-11-27-15-21(20)26/h6-12,14-17,22-23H,4-5,13H2,1-3H3,(H,29,33). The second kappa shape index (κ2) is 10.3. The zero-order valence-corrected chi connectivity index (χ0v) is 20.3. The molecule has 0 bridgehead atoms. The average molecular weight is 481 g/mol. The van der Waals surface area contributed by atoms with Gasteiger partial charge in [-0.1, -0.05) is 54.9 Å². The highest BCUT2D eigenvalue weighted by Crippen LogP contribution is 2.29. The summed E-state index contributed by atoms with van der Waals surface area (Å²) in [5.74, 6) is -0.213. The normalized spacial score (nSPS) is 17.6. The molecule has 1 aromatic carbocycles. The van der Waals surface area contributed by atoms with E-state index in [4.69, 9.17) is 11.6 Å². The SMILES string of the molecule is CC(NC(=O)C1CCCN1C(=O)C(C(C)C)n1ccnn1)c1ccc(-c2ccncc2Cl)cc1. The maximum atomic E-state index is 13.4. The molecule has 3 heterocycles. The molecule has 1 saturated heterocycles. The van der Waals surface area contributed by atoms with Crippen molar-refractivity contribution in [1.82, 2.24) is 30.2 Å². The first-order valence-electron chi connectivity index (χ1n) is 11.5. The number of nitrogens with zero attached hydrogens (tertiary/aromatic N) is 5. The van der Waals surface area contributed by atoms with Gasteiger partial charge in [-0.05, 0) is 42.9 Å². The number of likely N-dealkylation sites (tertiary alicyclic amines) is 1. The second-order valence-electron chi connectivity index (χ2n) is 8.97. The van der Waals surface area contributed by atoms with Gasteiger partial charge in [-0.2, -0.15) is 0 Å². The fraction of sp³-hybridized carbons (Fsp3) is 0.400. The summed E-state index contributed by atoms with van der Waals surface area (Å²) in [4.78, 5) is 32.3. The zero-order chi connectivity index (χ0) is 24.2. The van der Waals surface area contributed by atoms with E-state index in [1.54, 1.807) is 34.4 Å². The van der Waals surface area contributed by atoms with Gasteiger partial charge in [0, 0.05) is 30.7 Å². The molecule has 0 radical (unpaired) electrons. The molecule has 2 aromatic heterocycles. The summed E-state index contributed by atoms with van der Waals surface area (Å²) < 4.78 is 1.58. The summed E-state index contributed by atoms with van der Waals surface area (Å²) in [6.07, 6.45) is 8.02. The molecule has 3 atom stereocenters. The Morgan fingerprint density at radius 2 is 1.88 bits per heavy atom. The average Bonchev–Trinajstić information content (AvgIpc) is 3.52. The van der Waals surface area contributed by atoms with E-state index in [1.165, 1.54) is 0 Å². The minimum absolute atomic E-state index is 0.0184. The number of aromatic nitrogens is 4. The van der Waals surface area contributed by atoms with Crippen molar-refractivity contribution < 1.29 is 9.59 Å². The number of hydrogen-bond acceptors (Lipinski definition) is 5. The van der Waals surface area contributed by atoms with Crippen molar-refractivity contribution in [2.24, 2.45) is 5.92 Å². The van der Waals surface area contributed by atoms with E-state index in [0.29, 0.717) is 18.0 Å². The number of nitrogens with one attached hydrogen (secondary N) is 1. The smallest absolute Gasteiger partial charge is 0.248 e. The lowest BCUT2D eigenvalue weighted by Gasteiger charge is -2.30. The van der Waals surface area contributed by atoms with E-state index < -0.39 is 12.1 Å². The van der Waals surface area contributed by atoms with Crippen LogP contribution in [0.3, 0.4) is 0 Å². The molecule has 0 spiro atoms. The highest BCUT2D eigenvalue weighted by atomic mass is 35.5. The van der Waals surface area contributed by atoms with E-state index in [1.807, 2.05) is 51.1 Å². The van der Waals surface area contributed by atoms with Crippen LogP contribution in [0.15, 0.2) is 55.1 Å². The molecule has 34 heavy (non-hydrogen) atoms. The van der Waals surface area contributed by atoms with Crippen LogP contribution in [-0.2, 0) is 9.59 Å². The van der Waals surface area contributed by atoms with Gasteiger partial charge in [0.25, 0.3) is 0 Å². The van der Waals surface area contributed by atoms with E-state index >= 15 is 0 Å². The zero-order valence-electron chi connectivity index (χ0n) is 19.6. The highest BCUT2D eigenvalue weighted by Gasteiger charge is 2.39. The number of halogens is 1. The number of hydrogen-bond donors (Lipinski definition) is 1. The van der Waals surface area contributed by atoms with Gasteiger partial charge < -0.3 is 10.2 Å². The fourth-order valence-corrected chi connectivity index (χ4v) is 4.72. The van der Waals surface area contributed by atoms with Gasteiger partial charge in [0.2, 0.25) is 11.8 Å². The van der Waals surface area contributed by atoms with Crippen molar-refractivity contribution in [2.75, 3.05) is 6.54 Å². The minimum atomic E-state index is -0.491. The number of amides is 2. The van der Waals surface area contributed by atoms with Gasteiger partial charge in [0.15, 0.2) is 0 Å². The summed E-state index contributed by atoms with van der Waals surface area (Å²) in [5.41, 5.74) is 2.86. The molecule has 178 valence electrons. The molecule has 1 aliphatic rings. The third kappa shape index (κ3) is 4.97. The Bertz CT molecular complexity index is 1130. The van der Waals surface area contributed by atoms with Crippen molar-refractivity contribution in [3.63, 3.8) is 0 Å². The highest BCUT2D eigenvalue weighted by molar-refractivity contribution is 6.33. The predicted octanol–water partition coefficient (Wildman–Crippen LogP) is 4.06. The van der Waals surface area contributed by atoms with Gasteiger partial charge >= 0.3 is 0 Å². The first-order chi connectivity index (χ1) is 16.4. The van der Waals surface area contributed by atoms with Crippen molar-refractivity contribution >= 4 is 23.4 Å². The van der Waals surface area contributed by atoms with Crippen LogP contribution in [0.1, 0.15) is 51.3 Å². The quantitative estimate of drug-likeness (QED) is 0.550. The Kier molecular flexibility index (Phi) is 7.26. The van der Waals surface area contributed by atoms with E-state index in [-0.39, 0.29) is 23.8 Å². The summed E-state index contributed by atoms with van der Waals surface area (Å²) >= 11 is 6.26. The summed E-state index contributed by atoms with van der Waals surface area (Å²) in [6.45, 7) is 6.45. The number of carbonyl (C=O) groups is 2. The maximum absolute atomic E-state index is 13.4. The van der Waals surface area contributed by atoms with Gasteiger partial charge in [-0.15, -0.1) is 5.10 Å². The first-order valence-corrected chi connectivity index (χ1v) is 11.9. The Hall–Kier alpha value is -3.26. The van der Waals surface area contributed by atoms with Crippen LogP contribution in [-0.4, -0.2) is 49.3 Å². The topological polar surface area (TPSA) is 93.0 Å². The van der Waals surface area contributed by atoms with Gasteiger partial charge in [0.05, 0.1) is 17.3 Å². The fourth-order valence-electron chi connectivity index (χ4n) is 4.50. The molecule has 1 N–H and O–H groups in total. The van der Waals surface area contributed by atoms with Gasteiger partial charge in [-0.25, -0.2) is 4.68 Å². The Balaban J connectivity index is 1.44. The number of pyridine rings is 1. The van der Waals surface area contributed by atoms with Crippen LogP contribution in [0.5, 0.6) is 0 Å². The van der Waals surface area contributed by atoms with Gasteiger partial charge in [0.1, 0.15) is 12.1 Å². The first kappa shape index (κ1) is 23.9. The van der Waals surface area contributed by atoms with Crippen molar-refractivity contribution in [1.29, 1.82) is 0 Å². The van der Waals surface area contributed by atoms with Crippen LogP contribution in [0, 0.1) is 5.92 Å². The lowest BCUT2D eigenvalue weighted by Crippen LogP contribution is -2.49. The number of carbonyl (C=O) groups excluding carboxylic acids is 2. The number of benzene rings is 1. The van der Waals surface area contributed by atoms with Gasteiger partial charge in [-0.3, -0.25) is 14.6 Å². The third-order valence-electron chi connectivity index (χ3n) is 6.30. The van der Waals surface area contributed by atoms with E-state index in [2.05, 4.69) is 20.6 Å². The van der Waals surface area contributed by atoms with Crippen LogP contribution >= 0.6 is 11.6 Å². The summed E-state index contributed by atoms with van der Waals surface area (Å²) in [6, 6.07) is 8.62. The molecule has 3 aromatic rings. The summed E-state index contributed by atoms with van der Waals surface area (Å²) in [7, 11) is 0. The lowest BCUT2D eigenvalue weighted by molar-refractivity contribution is -0.142. The maximum Gasteiger partial charge on any atom is 0.248 e. The second-order valence-corrected chi connectivity index (χ2v) is 9.38. The van der Waals surface area contributed by atoms with E-state index in [0.717, 1.165) is 23.1 Å². The van der Waals surface area contributed by atoms with Crippen LogP contribution in [0.25, 0.3) is 11.1 Å². The minimum Gasteiger partial charge on any atom is -0.348 e.